The van der Waals surface area contributed by atoms with Crippen molar-refractivity contribution in [3.63, 3.8) is 0 Å². The largest absolute Gasteiger partial charge is 0.345 e. The zero-order valence-corrected chi connectivity index (χ0v) is 13.1. The molecular formula is C17H14ClN3O2. The molecule has 0 aliphatic carbocycles. The molecule has 0 saturated heterocycles. The van der Waals surface area contributed by atoms with Gasteiger partial charge in [0.2, 0.25) is 0 Å². The molecule has 0 unspecified atom stereocenters. The Balaban J connectivity index is 1.89. The first kappa shape index (κ1) is 15.2. The summed E-state index contributed by atoms with van der Waals surface area (Å²) in [6.45, 7) is 1.83. The summed E-state index contributed by atoms with van der Waals surface area (Å²) in [5.41, 5.74) is 0.964. The van der Waals surface area contributed by atoms with E-state index in [1.807, 2.05) is 19.1 Å². The van der Waals surface area contributed by atoms with Gasteiger partial charge < -0.3 is 5.32 Å². The second-order valence-corrected chi connectivity index (χ2v) is 5.59. The average Bonchev–Trinajstić information content (AvgIpc) is 2.55. The normalized spacial score (nSPS) is 12.1. The lowest BCUT2D eigenvalue weighted by Crippen LogP contribution is -2.33. The lowest BCUT2D eigenvalue weighted by atomic mass is 10.1. The van der Waals surface area contributed by atoms with Gasteiger partial charge in [-0.15, -0.1) is 0 Å². The number of halogens is 1. The Labute approximate surface area is 137 Å². The smallest absolute Gasteiger partial charge is 0.270 e. The van der Waals surface area contributed by atoms with Crippen LogP contribution in [-0.2, 0) is 0 Å². The Morgan fingerprint density at radius 1 is 1.26 bits per heavy atom. The van der Waals surface area contributed by atoms with Crippen LogP contribution < -0.4 is 10.9 Å². The third-order valence-electron chi connectivity index (χ3n) is 3.55. The molecule has 3 aromatic rings. The molecule has 0 spiro atoms. The first-order chi connectivity index (χ1) is 11.1. The molecule has 1 aromatic carbocycles. The summed E-state index contributed by atoms with van der Waals surface area (Å²) in [7, 11) is 0. The van der Waals surface area contributed by atoms with E-state index >= 15 is 0 Å². The fourth-order valence-corrected chi connectivity index (χ4v) is 2.51. The Bertz CT molecular complexity index is 936. The highest BCUT2D eigenvalue weighted by molar-refractivity contribution is 6.30. The molecule has 0 fully saturated rings. The van der Waals surface area contributed by atoms with Gasteiger partial charge in [0.15, 0.2) is 0 Å². The summed E-state index contributed by atoms with van der Waals surface area (Å²) in [4.78, 5) is 28.9. The number of rotatable bonds is 3. The van der Waals surface area contributed by atoms with Crippen molar-refractivity contribution < 1.29 is 4.79 Å². The number of nitrogens with zero attached hydrogens (tertiary/aromatic N) is 2. The Hall–Kier alpha value is -2.66. The molecule has 2 heterocycles. The van der Waals surface area contributed by atoms with Gasteiger partial charge in [0.25, 0.3) is 11.5 Å². The summed E-state index contributed by atoms with van der Waals surface area (Å²) >= 11 is 5.96. The molecule has 5 nitrogen and oxygen atoms in total. The third-order valence-corrected chi connectivity index (χ3v) is 3.79. The van der Waals surface area contributed by atoms with Crippen LogP contribution in [0, 0.1) is 0 Å². The summed E-state index contributed by atoms with van der Waals surface area (Å²) in [6.07, 6.45) is 2.89. The van der Waals surface area contributed by atoms with Crippen molar-refractivity contribution in [3.05, 3.63) is 81.4 Å². The van der Waals surface area contributed by atoms with Gasteiger partial charge in [-0.1, -0.05) is 29.8 Å². The van der Waals surface area contributed by atoms with E-state index in [0.717, 1.165) is 5.56 Å². The number of pyridine rings is 1. The molecule has 6 heteroatoms. The fraction of sp³-hybridized carbons (Fsp3) is 0.118. The zero-order chi connectivity index (χ0) is 16.4. The SMILES string of the molecule is C[C@H](NC(=O)c1cnc2ccccn2c1=O)c1cccc(Cl)c1. The quantitative estimate of drug-likeness (QED) is 0.804. The van der Waals surface area contributed by atoms with E-state index < -0.39 is 11.5 Å². The Morgan fingerprint density at radius 2 is 2.09 bits per heavy atom. The van der Waals surface area contributed by atoms with Gasteiger partial charge in [-0.3, -0.25) is 14.0 Å². The van der Waals surface area contributed by atoms with E-state index in [9.17, 15) is 9.59 Å². The molecular weight excluding hydrogens is 314 g/mol. The maximum absolute atomic E-state index is 12.4. The highest BCUT2D eigenvalue weighted by atomic mass is 35.5. The zero-order valence-electron chi connectivity index (χ0n) is 12.4. The van der Waals surface area contributed by atoms with E-state index in [4.69, 9.17) is 11.6 Å². The van der Waals surface area contributed by atoms with Crippen LogP contribution in [-0.4, -0.2) is 15.3 Å². The molecule has 1 N–H and O–H groups in total. The molecule has 0 aliphatic rings. The van der Waals surface area contributed by atoms with Crippen molar-refractivity contribution in [1.29, 1.82) is 0 Å². The molecule has 2 aromatic heterocycles. The van der Waals surface area contributed by atoms with Gasteiger partial charge in [0.05, 0.1) is 6.04 Å². The van der Waals surface area contributed by atoms with Crippen molar-refractivity contribution >= 4 is 23.2 Å². The van der Waals surface area contributed by atoms with E-state index in [1.165, 1.54) is 10.6 Å². The van der Waals surface area contributed by atoms with Crippen LogP contribution in [0.15, 0.2) is 59.7 Å². The third kappa shape index (κ3) is 3.10. The molecule has 0 bridgehead atoms. The van der Waals surface area contributed by atoms with Crippen LogP contribution in [0.2, 0.25) is 5.02 Å². The second-order valence-electron chi connectivity index (χ2n) is 5.16. The minimum Gasteiger partial charge on any atom is -0.345 e. The topological polar surface area (TPSA) is 63.5 Å². The number of nitrogens with one attached hydrogen (secondary N) is 1. The van der Waals surface area contributed by atoms with Crippen molar-refractivity contribution in [1.82, 2.24) is 14.7 Å². The van der Waals surface area contributed by atoms with Crippen molar-refractivity contribution in [3.8, 4) is 0 Å². The number of amides is 1. The van der Waals surface area contributed by atoms with Gasteiger partial charge >= 0.3 is 0 Å². The van der Waals surface area contributed by atoms with E-state index in [1.54, 1.807) is 36.5 Å². The molecule has 0 radical (unpaired) electrons. The minimum atomic E-state index is -0.465. The molecule has 0 aliphatic heterocycles. The highest BCUT2D eigenvalue weighted by Gasteiger charge is 2.16. The number of hydrogen-bond donors (Lipinski definition) is 1. The molecule has 116 valence electrons. The molecule has 3 rings (SSSR count). The highest BCUT2D eigenvalue weighted by Crippen LogP contribution is 2.17. The van der Waals surface area contributed by atoms with Crippen LogP contribution in [0.5, 0.6) is 0 Å². The first-order valence-electron chi connectivity index (χ1n) is 7.09. The van der Waals surface area contributed by atoms with Gasteiger partial charge in [0, 0.05) is 17.4 Å². The second kappa shape index (κ2) is 6.22. The first-order valence-corrected chi connectivity index (χ1v) is 7.47. The summed E-state index contributed by atoms with van der Waals surface area (Å²) < 4.78 is 1.35. The lowest BCUT2D eigenvalue weighted by molar-refractivity contribution is 0.0938. The van der Waals surface area contributed by atoms with Crippen LogP contribution in [0.25, 0.3) is 5.65 Å². The van der Waals surface area contributed by atoms with Gasteiger partial charge in [-0.2, -0.15) is 0 Å². The standard InChI is InChI=1S/C17H14ClN3O2/c1-11(12-5-4-6-13(18)9-12)20-16(22)14-10-19-15-7-2-3-8-21(15)17(14)23/h2-11H,1H3,(H,20,22)/t11-/m0/s1. The maximum Gasteiger partial charge on any atom is 0.270 e. The molecule has 1 atom stereocenters. The van der Waals surface area contributed by atoms with Gasteiger partial charge in [0.1, 0.15) is 11.2 Å². The maximum atomic E-state index is 12.4. The van der Waals surface area contributed by atoms with E-state index in [0.29, 0.717) is 10.7 Å². The van der Waals surface area contributed by atoms with Gasteiger partial charge in [-0.25, -0.2) is 4.98 Å². The Morgan fingerprint density at radius 3 is 2.87 bits per heavy atom. The summed E-state index contributed by atoms with van der Waals surface area (Å²) in [5, 5.41) is 3.39. The molecule has 0 saturated carbocycles. The van der Waals surface area contributed by atoms with E-state index in [2.05, 4.69) is 10.3 Å². The molecule has 1 amide bonds. The van der Waals surface area contributed by atoms with Crippen molar-refractivity contribution in [2.24, 2.45) is 0 Å². The van der Waals surface area contributed by atoms with Crippen molar-refractivity contribution in [2.45, 2.75) is 13.0 Å². The fourth-order valence-electron chi connectivity index (χ4n) is 2.32. The predicted molar refractivity (Wildman–Crippen MR) is 88.8 cm³/mol. The number of hydrogen-bond acceptors (Lipinski definition) is 3. The summed E-state index contributed by atoms with van der Waals surface area (Å²) in [5.74, 6) is -0.465. The number of carbonyl (C=O) groups excluding carboxylic acids is 1. The van der Waals surface area contributed by atoms with E-state index in [-0.39, 0.29) is 11.6 Å². The van der Waals surface area contributed by atoms with Crippen LogP contribution in [0.4, 0.5) is 0 Å². The number of aromatic nitrogens is 2. The monoisotopic (exact) mass is 327 g/mol. The Kier molecular flexibility index (Phi) is 4.12. The lowest BCUT2D eigenvalue weighted by Gasteiger charge is -2.14. The van der Waals surface area contributed by atoms with Crippen molar-refractivity contribution in [2.75, 3.05) is 0 Å². The predicted octanol–water partition coefficient (Wildman–Crippen LogP) is 2.84. The van der Waals surface area contributed by atoms with Crippen LogP contribution in [0.3, 0.4) is 0 Å². The minimum absolute atomic E-state index is 0.00239. The molecule has 23 heavy (non-hydrogen) atoms. The van der Waals surface area contributed by atoms with Crippen LogP contribution >= 0.6 is 11.6 Å². The average molecular weight is 328 g/mol. The van der Waals surface area contributed by atoms with Crippen LogP contribution in [0.1, 0.15) is 28.9 Å². The van der Waals surface area contributed by atoms with Gasteiger partial charge in [-0.05, 0) is 36.8 Å². The summed E-state index contributed by atoms with van der Waals surface area (Å²) in [6, 6.07) is 12.1. The number of benzene rings is 1. The number of fused-ring (bicyclic) bond motifs is 1. The number of carbonyl (C=O) groups is 1.